The maximum atomic E-state index is 4.07. The first kappa shape index (κ1) is 6.27. The molecule has 0 bridgehead atoms. The van der Waals surface area contributed by atoms with Crippen molar-refractivity contribution in [1.82, 2.24) is 10.2 Å². The zero-order chi connectivity index (χ0) is 7.52. The van der Waals surface area contributed by atoms with Gasteiger partial charge in [0.25, 0.3) is 0 Å². The Labute approximate surface area is 64.6 Å². The molecule has 0 amide bonds. The molecule has 0 unspecified atom stereocenters. The largest absolute Gasteiger partial charge is 0.314 e. The van der Waals surface area contributed by atoms with E-state index in [4.69, 9.17) is 0 Å². The highest BCUT2D eigenvalue weighted by molar-refractivity contribution is 5.78. The van der Waals surface area contributed by atoms with Crippen molar-refractivity contribution in [1.29, 1.82) is 0 Å². The SMILES string of the molecule is C1=NCCN1c1cccnn1. The molecular formula is C7H8N4. The van der Waals surface area contributed by atoms with Crippen LogP contribution >= 0.6 is 0 Å². The van der Waals surface area contributed by atoms with E-state index in [0.29, 0.717) is 0 Å². The molecule has 1 aromatic heterocycles. The number of aromatic nitrogens is 2. The van der Waals surface area contributed by atoms with Crippen molar-refractivity contribution in [3.63, 3.8) is 0 Å². The maximum Gasteiger partial charge on any atom is 0.156 e. The van der Waals surface area contributed by atoms with Gasteiger partial charge in [-0.25, -0.2) is 0 Å². The average Bonchev–Trinajstić information content (AvgIpc) is 2.58. The Morgan fingerprint density at radius 1 is 1.45 bits per heavy atom. The number of anilines is 1. The van der Waals surface area contributed by atoms with Gasteiger partial charge in [-0.3, -0.25) is 4.99 Å². The summed E-state index contributed by atoms with van der Waals surface area (Å²) >= 11 is 0. The molecule has 56 valence electrons. The molecule has 2 rings (SSSR count). The molecule has 0 atom stereocenters. The van der Waals surface area contributed by atoms with Gasteiger partial charge in [0.2, 0.25) is 0 Å². The zero-order valence-electron chi connectivity index (χ0n) is 6.01. The molecule has 4 heteroatoms. The van der Waals surface area contributed by atoms with Crippen LogP contribution in [0.4, 0.5) is 5.82 Å². The van der Waals surface area contributed by atoms with Crippen LogP contribution in [0.15, 0.2) is 23.3 Å². The Morgan fingerprint density at radius 2 is 2.45 bits per heavy atom. The van der Waals surface area contributed by atoms with Crippen molar-refractivity contribution in [2.75, 3.05) is 18.0 Å². The van der Waals surface area contributed by atoms with Crippen LogP contribution in [0, 0.1) is 0 Å². The van der Waals surface area contributed by atoms with Gasteiger partial charge in [-0.15, -0.1) is 5.10 Å². The highest BCUT2D eigenvalue weighted by Gasteiger charge is 2.07. The molecule has 0 saturated heterocycles. The smallest absolute Gasteiger partial charge is 0.156 e. The summed E-state index contributed by atoms with van der Waals surface area (Å²) in [5, 5.41) is 7.72. The van der Waals surface area contributed by atoms with Crippen LogP contribution in [-0.4, -0.2) is 29.6 Å². The van der Waals surface area contributed by atoms with E-state index >= 15 is 0 Å². The molecule has 0 aromatic carbocycles. The van der Waals surface area contributed by atoms with E-state index in [1.165, 1.54) is 0 Å². The van der Waals surface area contributed by atoms with Gasteiger partial charge in [0.1, 0.15) is 0 Å². The number of rotatable bonds is 1. The minimum atomic E-state index is 0.858. The lowest BCUT2D eigenvalue weighted by atomic mass is 10.5. The van der Waals surface area contributed by atoms with E-state index in [9.17, 15) is 0 Å². The van der Waals surface area contributed by atoms with Crippen molar-refractivity contribution in [3.8, 4) is 0 Å². The first-order valence-electron chi connectivity index (χ1n) is 3.51. The molecule has 1 aliphatic heterocycles. The van der Waals surface area contributed by atoms with Gasteiger partial charge < -0.3 is 4.90 Å². The van der Waals surface area contributed by atoms with Gasteiger partial charge in [-0.05, 0) is 12.1 Å². The molecule has 2 heterocycles. The number of aliphatic imine (C=N–C) groups is 1. The molecule has 0 saturated carbocycles. The molecular weight excluding hydrogens is 140 g/mol. The first-order chi connectivity index (χ1) is 5.47. The summed E-state index contributed by atoms with van der Waals surface area (Å²) in [4.78, 5) is 6.05. The monoisotopic (exact) mass is 148 g/mol. The summed E-state index contributed by atoms with van der Waals surface area (Å²) in [6.45, 7) is 1.77. The molecule has 1 aromatic rings. The predicted molar refractivity (Wildman–Crippen MR) is 42.7 cm³/mol. The van der Waals surface area contributed by atoms with Crippen LogP contribution in [0.3, 0.4) is 0 Å². The van der Waals surface area contributed by atoms with Crippen LogP contribution in [0.25, 0.3) is 0 Å². The fourth-order valence-corrected chi connectivity index (χ4v) is 1.000. The van der Waals surface area contributed by atoms with Crippen molar-refractivity contribution < 1.29 is 0 Å². The summed E-state index contributed by atoms with van der Waals surface area (Å²) in [5.74, 6) is 0.869. The van der Waals surface area contributed by atoms with Gasteiger partial charge in [-0.2, -0.15) is 5.10 Å². The highest BCUT2D eigenvalue weighted by atomic mass is 15.3. The second-order valence-corrected chi connectivity index (χ2v) is 2.30. The van der Waals surface area contributed by atoms with Gasteiger partial charge >= 0.3 is 0 Å². The summed E-state index contributed by atoms with van der Waals surface area (Å²) in [5.41, 5.74) is 0. The quantitative estimate of drug-likeness (QED) is 0.576. The summed E-state index contributed by atoms with van der Waals surface area (Å²) < 4.78 is 0. The number of nitrogens with zero attached hydrogens (tertiary/aromatic N) is 4. The maximum absolute atomic E-state index is 4.07. The molecule has 0 fully saturated rings. The molecule has 0 aliphatic carbocycles. The van der Waals surface area contributed by atoms with E-state index in [-0.39, 0.29) is 0 Å². The predicted octanol–water partition coefficient (Wildman–Crippen LogP) is 0.325. The van der Waals surface area contributed by atoms with Gasteiger partial charge in [0.05, 0.1) is 12.9 Å². The highest BCUT2D eigenvalue weighted by Crippen LogP contribution is 2.07. The van der Waals surface area contributed by atoms with Crippen LogP contribution in [0.1, 0.15) is 0 Å². The molecule has 11 heavy (non-hydrogen) atoms. The van der Waals surface area contributed by atoms with Gasteiger partial charge in [0, 0.05) is 12.7 Å². The third-order valence-electron chi connectivity index (χ3n) is 1.54. The Kier molecular flexibility index (Phi) is 1.51. The van der Waals surface area contributed by atoms with E-state index in [1.807, 2.05) is 17.0 Å². The van der Waals surface area contributed by atoms with Crippen molar-refractivity contribution >= 4 is 12.2 Å². The summed E-state index contributed by atoms with van der Waals surface area (Å²) in [6, 6.07) is 3.79. The lowest BCUT2D eigenvalue weighted by molar-refractivity contribution is 0.950. The Bertz CT molecular complexity index is 256. The van der Waals surface area contributed by atoms with Crippen LogP contribution in [0.2, 0.25) is 0 Å². The van der Waals surface area contributed by atoms with Crippen LogP contribution in [0.5, 0.6) is 0 Å². The molecule has 0 N–H and O–H groups in total. The Balaban J connectivity index is 2.23. The minimum absolute atomic E-state index is 0.858. The fraction of sp³-hybridized carbons (Fsp3) is 0.286. The van der Waals surface area contributed by atoms with Crippen molar-refractivity contribution in [2.45, 2.75) is 0 Å². The lowest BCUT2D eigenvalue weighted by Crippen LogP contribution is -2.19. The Morgan fingerprint density at radius 3 is 3.09 bits per heavy atom. The topological polar surface area (TPSA) is 41.4 Å². The minimum Gasteiger partial charge on any atom is -0.314 e. The Hall–Kier alpha value is -1.45. The van der Waals surface area contributed by atoms with E-state index in [1.54, 1.807) is 12.5 Å². The van der Waals surface area contributed by atoms with E-state index < -0.39 is 0 Å². The number of hydrogen-bond acceptors (Lipinski definition) is 4. The molecule has 1 aliphatic rings. The fourth-order valence-electron chi connectivity index (χ4n) is 1.000. The second-order valence-electron chi connectivity index (χ2n) is 2.30. The summed E-state index contributed by atoms with van der Waals surface area (Å²) in [7, 11) is 0. The van der Waals surface area contributed by atoms with E-state index in [2.05, 4.69) is 15.2 Å². The molecule has 0 radical (unpaired) electrons. The third-order valence-corrected chi connectivity index (χ3v) is 1.54. The third kappa shape index (κ3) is 1.19. The average molecular weight is 148 g/mol. The molecule has 0 spiro atoms. The lowest BCUT2D eigenvalue weighted by Gasteiger charge is -2.09. The van der Waals surface area contributed by atoms with Crippen LogP contribution in [-0.2, 0) is 0 Å². The van der Waals surface area contributed by atoms with E-state index in [0.717, 1.165) is 18.9 Å². The zero-order valence-corrected chi connectivity index (χ0v) is 6.01. The second kappa shape index (κ2) is 2.65. The van der Waals surface area contributed by atoms with Gasteiger partial charge in [-0.1, -0.05) is 0 Å². The summed E-state index contributed by atoms with van der Waals surface area (Å²) in [6.07, 6.45) is 3.46. The first-order valence-corrected chi connectivity index (χ1v) is 3.51. The van der Waals surface area contributed by atoms with Gasteiger partial charge in [0.15, 0.2) is 5.82 Å². The van der Waals surface area contributed by atoms with Crippen LogP contribution < -0.4 is 4.90 Å². The number of hydrogen-bond donors (Lipinski definition) is 0. The van der Waals surface area contributed by atoms with Crippen molar-refractivity contribution in [3.05, 3.63) is 18.3 Å². The standard InChI is InChI=1S/C7H8N4/c1-2-7(10-9-3-1)11-5-4-8-6-11/h1-3,6H,4-5H2. The molecule has 4 nitrogen and oxygen atoms in total. The normalized spacial score (nSPS) is 15.8. The van der Waals surface area contributed by atoms with Crippen molar-refractivity contribution in [2.24, 2.45) is 4.99 Å².